The lowest BCUT2D eigenvalue weighted by Crippen LogP contribution is -2.46. The molecule has 2 heterocycles. The third-order valence-corrected chi connectivity index (χ3v) is 3.15. The van der Waals surface area contributed by atoms with E-state index in [1.807, 2.05) is 6.07 Å². The fourth-order valence-electron chi connectivity index (χ4n) is 2.29. The number of aliphatic hydroxyl groups is 1. The van der Waals surface area contributed by atoms with Gasteiger partial charge in [-0.15, -0.1) is 0 Å². The highest BCUT2D eigenvalue weighted by atomic mass is 16.6. The van der Waals surface area contributed by atoms with E-state index in [4.69, 9.17) is 5.26 Å². The number of pyridine rings is 1. The number of hydrogen-bond donors (Lipinski definition) is 1. The van der Waals surface area contributed by atoms with Crippen LogP contribution in [0.2, 0.25) is 0 Å². The van der Waals surface area contributed by atoms with Crippen LogP contribution in [0.5, 0.6) is 0 Å². The molecule has 2 rings (SSSR count). The van der Waals surface area contributed by atoms with Crippen molar-refractivity contribution in [1.82, 2.24) is 4.98 Å². The molecule has 0 amide bonds. The molecule has 7 nitrogen and oxygen atoms in total. The van der Waals surface area contributed by atoms with Gasteiger partial charge in [-0.05, 0) is 19.8 Å². The predicted molar refractivity (Wildman–Crippen MR) is 67.7 cm³/mol. The predicted octanol–water partition coefficient (Wildman–Crippen LogP) is 1.21. The summed E-state index contributed by atoms with van der Waals surface area (Å²) in [6.45, 7) is 2.61. The molecule has 1 aliphatic rings. The molecule has 0 bridgehead atoms. The molecule has 19 heavy (non-hydrogen) atoms. The van der Waals surface area contributed by atoms with E-state index >= 15 is 0 Å². The SMILES string of the molecule is CC1(O)CCCN(c2ncc(C#N)cc2[N+](=O)[O-])C1. The van der Waals surface area contributed by atoms with Gasteiger partial charge in [-0.2, -0.15) is 5.26 Å². The van der Waals surface area contributed by atoms with Crippen LogP contribution in [0.25, 0.3) is 0 Å². The van der Waals surface area contributed by atoms with Crippen molar-refractivity contribution >= 4 is 11.5 Å². The fraction of sp³-hybridized carbons (Fsp3) is 0.500. The maximum Gasteiger partial charge on any atom is 0.312 e. The van der Waals surface area contributed by atoms with Gasteiger partial charge in [-0.3, -0.25) is 10.1 Å². The van der Waals surface area contributed by atoms with E-state index in [9.17, 15) is 15.2 Å². The molecular weight excluding hydrogens is 248 g/mol. The van der Waals surface area contributed by atoms with Gasteiger partial charge in [0.2, 0.25) is 5.82 Å². The molecule has 7 heteroatoms. The number of aromatic nitrogens is 1. The number of nitro groups is 1. The lowest BCUT2D eigenvalue weighted by Gasteiger charge is -2.37. The van der Waals surface area contributed by atoms with E-state index in [0.717, 1.165) is 6.42 Å². The molecule has 0 radical (unpaired) electrons. The lowest BCUT2D eigenvalue weighted by molar-refractivity contribution is -0.384. The Morgan fingerprint density at radius 3 is 3.00 bits per heavy atom. The van der Waals surface area contributed by atoms with Crippen molar-refractivity contribution in [2.45, 2.75) is 25.4 Å². The number of rotatable bonds is 2. The zero-order valence-corrected chi connectivity index (χ0v) is 10.5. The Morgan fingerprint density at radius 1 is 1.68 bits per heavy atom. The first-order valence-electron chi connectivity index (χ1n) is 5.95. The van der Waals surface area contributed by atoms with Crippen molar-refractivity contribution in [3.63, 3.8) is 0 Å². The number of nitrogens with zero attached hydrogens (tertiary/aromatic N) is 4. The number of nitriles is 1. The summed E-state index contributed by atoms with van der Waals surface area (Å²) in [5, 5.41) is 29.9. The minimum absolute atomic E-state index is 0.152. The molecule has 0 spiro atoms. The summed E-state index contributed by atoms with van der Waals surface area (Å²) in [6, 6.07) is 3.05. The molecule has 100 valence electrons. The van der Waals surface area contributed by atoms with Crippen LogP contribution in [-0.4, -0.2) is 33.7 Å². The number of anilines is 1. The second kappa shape index (κ2) is 4.82. The highest BCUT2D eigenvalue weighted by molar-refractivity contribution is 5.60. The Bertz CT molecular complexity index is 550. The summed E-state index contributed by atoms with van der Waals surface area (Å²) in [4.78, 5) is 16.2. The number of hydrogen-bond acceptors (Lipinski definition) is 6. The third-order valence-electron chi connectivity index (χ3n) is 3.15. The summed E-state index contributed by atoms with van der Waals surface area (Å²) < 4.78 is 0. The molecule has 1 N–H and O–H groups in total. The van der Waals surface area contributed by atoms with E-state index < -0.39 is 10.5 Å². The van der Waals surface area contributed by atoms with Crippen LogP contribution in [0.15, 0.2) is 12.3 Å². The molecule has 1 fully saturated rings. The van der Waals surface area contributed by atoms with E-state index in [1.54, 1.807) is 11.8 Å². The van der Waals surface area contributed by atoms with E-state index in [-0.39, 0.29) is 17.1 Å². The van der Waals surface area contributed by atoms with Crippen molar-refractivity contribution in [2.75, 3.05) is 18.0 Å². The van der Waals surface area contributed by atoms with E-state index in [1.165, 1.54) is 12.3 Å². The average Bonchev–Trinajstić information content (AvgIpc) is 2.36. The summed E-state index contributed by atoms with van der Waals surface area (Å²) in [6.07, 6.45) is 2.71. The molecule has 0 aliphatic carbocycles. The lowest BCUT2D eigenvalue weighted by atomic mass is 9.95. The Kier molecular flexibility index (Phi) is 3.36. The highest BCUT2D eigenvalue weighted by Gasteiger charge is 2.32. The van der Waals surface area contributed by atoms with Crippen molar-refractivity contribution in [1.29, 1.82) is 5.26 Å². The standard InChI is InChI=1S/C12H14N4O3/c1-12(17)3-2-4-15(8-12)11-10(16(18)19)5-9(6-13)7-14-11/h5,7,17H,2-4,8H2,1H3. The van der Waals surface area contributed by atoms with Gasteiger partial charge in [0.25, 0.3) is 0 Å². The average molecular weight is 262 g/mol. The van der Waals surface area contributed by atoms with Gasteiger partial charge in [-0.1, -0.05) is 0 Å². The van der Waals surface area contributed by atoms with Crippen LogP contribution in [0, 0.1) is 21.4 Å². The maximum absolute atomic E-state index is 11.1. The van der Waals surface area contributed by atoms with Crippen LogP contribution >= 0.6 is 0 Å². The van der Waals surface area contributed by atoms with Gasteiger partial charge in [0.1, 0.15) is 6.07 Å². The van der Waals surface area contributed by atoms with Crippen molar-refractivity contribution in [3.8, 4) is 6.07 Å². The minimum Gasteiger partial charge on any atom is -0.388 e. The van der Waals surface area contributed by atoms with Gasteiger partial charge in [-0.25, -0.2) is 4.98 Å². The van der Waals surface area contributed by atoms with Crippen LogP contribution in [0.1, 0.15) is 25.3 Å². The van der Waals surface area contributed by atoms with Gasteiger partial charge in [0.05, 0.1) is 16.1 Å². The molecule has 1 atom stereocenters. The zero-order valence-electron chi connectivity index (χ0n) is 10.5. The summed E-state index contributed by atoms with van der Waals surface area (Å²) in [5.74, 6) is 0.212. The Labute approximate surface area is 110 Å². The monoisotopic (exact) mass is 262 g/mol. The normalized spacial score (nSPS) is 22.9. The summed E-state index contributed by atoms with van der Waals surface area (Å²) >= 11 is 0. The highest BCUT2D eigenvalue weighted by Crippen LogP contribution is 2.31. The van der Waals surface area contributed by atoms with Gasteiger partial charge in [0.15, 0.2) is 0 Å². The first kappa shape index (κ1) is 13.2. The van der Waals surface area contributed by atoms with Crippen molar-refractivity contribution in [2.24, 2.45) is 0 Å². The molecule has 1 aromatic rings. The molecule has 1 aliphatic heterocycles. The first-order chi connectivity index (χ1) is 8.93. The Balaban J connectivity index is 2.39. The topological polar surface area (TPSA) is 103 Å². The molecule has 1 unspecified atom stereocenters. The van der Waals surface area contributed by atoms with Gasteiger partial charge < -0.3 is 10.0 Å². The quantitative estimate of drug-likeness (QED) is 0.634. The minimum atomic E-state index is -0.873. The van der Waals surface area contributed by atoms with Gasteiger partial charge >= 0.3 is 5.69 Å². The van der Waals surface area contributed by atoms with Crippen molar-refractivity contribution in [3.05, 3.63) is 27.9 Å². The van der Waals surface area contributed by atoms with Crippen LogP contribution in [0.4, 0.5) is 11.5 Å². The second-order valence-electron chi connectivity index (χ2n) is 4.96. The largest absolute Gasteiger partial charge is 0.388 e. The Morgan fingerprint density at radius 2 is 2.42 bits per heavy atom. The van der Waals surface area contributed by atoms with Crippen molar-refractivity contribution < 1.29 is 10.0 Å². The van der Waals surface area contributed by atoms with Gasteiger partial charge in [0, 0.05) is 25.4 Å². The maximum atomic E-state index is 11.1. The Hall–Kier alpha value is -2.20. The summed E-state index contributed by atoms with van der Waals surface area (Å²) in [5.41, 5.74) is -0.919. The van der Waals surface area contributed by atoms with Crippen LogP contribution in [-0.2, 0) is 0 Å². The van der Waals surface area contributed by atoms with Crippen LogP contribution < -0.4 is 4.90 Å². The summed E-state index contributed by atoms with van der Waals surface area (Å²) in [7, 11) is 0. The van der Waals surface area contributed by atoms with E-state index in [0.29, 0.717) is 19.5 Å². The smallest absolute Gasteiger partial charge is 0.312 e. The molecule has 1 aromatic heterocycles. The zero-order chi connectivity index (χ0) is 14.0. The fourth-order valence-corrected chi connectivity index (χ4v) is 2.29. The second-order valence-corrected chi connectivity index (χ2v) is 4.96. The number of β-amino-alcohol motifs (C(OH)–C–C–N with tert-alkyl or cyclic N) is 1. The number of piperidine rings is 1. The molecule has 0 saturated carbocycles. The first-order valence-corrected chi connectivity index (χ1v) is 5.95. The van der Waals surface area contributed by atoms with E-state index in [2.05, 4.69) is 4.98 Å². The molecular formula is C12H14N4O3. The molecule has 0 aromatic carbocycles. The van der Waals surface area contributed by atoms with Crippen LogP contribution in [0.3, 0.4) is 0 Å². The third kappa shape index (κ3) is 2.80. The molecule has 1 saturated heterocycles.